The van der Waals surface area contributed by atoms with Crippen LogP contribution >= 0.6 is 23.1 Å². The van der Waals surface area contributed by atoms with E-state index in [0.717, 1.165) is 11.3 Å². The Morgan fingerprint density at radius 2 is 2.08 bits per heavy atom. The van der Waals surface area contributed by atoms with E-state index >= 15 is 0 Å². The first kappa shape index (κ1) is 28.2. The van der Waals surface area contributed by atoms with E-state index in [1.54, 1.807) is 26.2 Å². The summed E-state index contributed by atoms with van der Waals surface area (Å²) < 4.78 is 10.1. The molecule has 0 saturated carbocycles. The van der Waals surface area contributed by atoms with E-state index in [2.05, 4.69) is 22.0 Å². The molecule has 0 bridgehead atoms. The molecule has 1 fully saturated rings. The Kier molecular flexibility index (Phi) is 8.97. The number of aromatic nitrogens is 1. The first-order chi connectivity index (χ1) is 17.5. The predicted molar refractivity (Wildman–Crippen MR) is 138 cm³/mol. The number of rotatable bonds is 10. The van der Waals surface area contributed by atoms with E-state index < -0.39 is 47.4 Å². The maximum atomic E-state index is 13.1. The second kappa shape index (κ2) is 11.8. The van der Waals surface area contributed by atoms with Gasteiger partial charge in [0.05, 0.1) is 5.41 Å². The molecule has 0 spiro atoms. The average Bonchev–Trinajstić information content (AvgIpc) is 3.28. The Balaban J connectivity index is 1.72. The number of nitrogens with zero attached hydrogens (tertiary/aromatic N) is 3. The van der Waals surface area contributed by atoms with Crippen molar-refractivity contribution in [2.24, 2.45) is 10.6 Å². The summed E-state index contributed by atoms with van der Waals surface area (Å²) in [5, 5.41) is 7.79. The van der Waals surface area contributed by atoms with Crippen molar-refractivity contribution in [2.75, 3.05) is 24.9 Å². The minimum absolute atomic E-state index is 0.00602. The Morgan fingerprint density at radius 3 is 2.68 bits per heavy atom. The van der Waals surface area contributed by atoms with E-state index in [0.29, 0.717) is 17.7 Å². The van der Waals surface area contributed by atoms with Crippen molar-refractivity contribution in [1.29, 1.82) is 0 Å². The lowest BCUT2D eigenvalue weighted by molar-refractivity contribution is -0.173. The number of hydrogen-bond acceptors (Lipinski definition) is 12. The van der Waals surface area contributed by atoms with E-state index in [1.165, 1.54) is 22.7 Å². The van der Waals surface area contributed by atoms with Gasteiger partial charge in [-0.25, -0.2) is 9.78 Å². The van der Waals surface area contributed by atoms with Gasteiger partial charge in [0.25, 0.3) is 11.8 Å². The van der Waals surface area contributed by atoms with Gasteiger partial charge in [0.15, 0.2) is 10.8 Å². The van der Waals surface area contributed by atoms with Crippen LogP contribution in [0.2, 0.25) is 0 Å². The number of nitrogens with one attached hydrogen (secondary N) is 1. The molecule has 200 valence electrons. The number of thioether (sulfide) groups is 1. The first-order valence-corrected chi connectivity index (χ1v) is 13.3. The summed E-state index contributed by atoms with van der Waals surface area (Å²) in [7, 11) is 0. The van der Waals surface area contributed by atoms with Gasteiger partial charge < -0.3 is 25.4 Å². The highest BCUT2D eigenvalue weighted by Crippen LogP contribution is 2.41. The molecule has 1 unspecified atom stereocenters. The summed E-state index contributed by atoms with van der Waals surface area (Å²) in [6.45, 7) is 10.3. The molecule has 3 heterocycles. The third-order valence-corrected chi connectivity index (χ3v) is 7.12. The number of nitrogens with two attached hydrogens (primary N) is 1. The van der Waals surface area contributed by atoms with Gasteiger partial charge in [0.1, 0.15) is 29.4 Å². The zero-order chi connectivity index (χ0) is 27.3. The second-order valence-electron chi connectivity index (χ2n) is 9.01. The smallest absolute Gasteiger partial charge is 0.358 e. The number of fused-ring (bicyclic) bond motifs is 1. The van der Waals surface area contributed by atoms with E-state index in [9.17, 15) is 19.2 Å². The highest BCUT2D eigenvalue weighted by Gasteiger charge is 2.54. The molecule has 2 aliphatic heterocycles. The lowest BCUT2D eigenvalue weighted by atomic mass is 9.98. The van der Waals surface area contributed by atoms with Crippen LogP contribution in [0.1, 0.15) is 39.8 Å². The lowest BCUT2D eigenvalue weighted by Crippen LogP contribution is -2.71. The van der Waals surface area contributed by atoms with Gasteiger partial charge in [-0.15, -0.1) is 23.1 Å². The van der Waals surface area contributed by atoms with Crippen molar-refractivity contribution in [3.63, 3.8) is 0 Å². The van der Waals surface area contributed by atoms with Crippen LogP contribution in [0.25, 0.3) is 0 Å². The molecule has 1 aromatic heterocycles. The second-order valence-corrected chi connectivity index (χ2v) is 11.0. The van der Waals surface area contributed by atoms with Crippen LogP contribution in [-0.2, 0) is 33.5 Å². The molecule has 14 heteroatoms. The minimum Gasteiger partial charge on any atom is -0.427 e. The third-order valence-electron chi connectivity index (χ3n) is 5.15. The molecule has 0 radical (unpaired) electrons. The number of amides is 2. The molecule has 37 heavy (non-hydrogen) atoms. The average molecular weight is 552 g/mol. The molecule has 0 aromatic carbocycles. The summed E-state index contributed by atoms with van der Waals surface area (Å²) in [6, 6.07) is -0.933. The summed E-state index contributed by atoms with van der Waals surface area (Å²) in [6.07, 6.45) is 2.14. The Morgan fingerprint density at radius 1 is 1.35 bits per heavy atom. The molecule has 3 N–H and O–H groups in total. The largest absolute Gasteiger partial charge is 0.427 e. The molecular formula is C23H29N5O7S2. The summed E-state index contributed by atoms with van der Waals surface area (Å²) >= 11 is 2.48. The zero-order valence-corrected chi connectivity index (χ0v) is 22.6. The summed E-state index contributed by atoms with van der Waals surface area (Å²) in [4.78, 5) is 61.4. The number of allylic oxidation sites excluding steroid dienone is 1. The van der Waals surface area contributed by atoms with Gasteiger partial charge in [-0.05, 0) is 32.8 Å². The number of ether oxygens (including phenoxy) is 2. The molecule has 2 amide bonds. The molecule has 1 saturated heterocycles. The van der Waals surface area contributed by atoms with Crippen LogP contribution in [0.3, 0.4) is 0 Å². The molecule has 2 atom stereocenters. The normalized spacial score (nSPS) is 19.5. The number of β-lactam (4-membered cyclic amide) rings is 1. The minimum atomic E-state index is -0.933. The van der Waals surface area contributed by atoms with Crippen LogP contribution in [0.15, 0.2) is 34.5 Å². The van der Waals surface area contributed by atoms with Crippen molar-refractivity contribution in [3.05, 3.63) is 35.0 Å². The van der Waals surface area contributed by atoms with Crippen LogP contribution in [0, 0.1) is 5.41 Å². The topological polar surface area (TPSA) is 163 Å². The van der Waals surface area contributed by atoms with Crippen molar-refractivity contribution in [1.82, 2.24) is 15.2 Å². The number of thiazole rings is 1. The van der Waals surface area contributed by atoms with Crippen LogP contribution in [-0.4, -0.2) is 69.9 Å². The van der Waals surface area contributed by atoms with Crippen molar-refractivity contribution < 1.29 is 33.5 Å². The monoisotopic (exact) mass is 551 g/mol. The van der Waals surface area contributed by atoms with E-state index in [1.807, 2.05) is 6.92 Å². The number of esters is 2. The third kappa shape index (κ3) is 6.31. The Labute approximate surface area is 222 Å². The molecular weight excluding hydrogens is 522 g/mol. The summed E-state index contributed by atoms with van der Waals surface area (Å²) in [5.74, 6) is -2.22. The maximum Gasteiger partial charge on any atom is 0.358 e. The fraction of sp³-hybridized carbons (Fsp3) is 0.478. The van der Waals surface area contributed by atoms with Gasteiger partial charge in [0, 0.05) is 11.1 Å². The molecule has 2 aliphatic rings. The van der Waals surface area contributed by atoms with Crippen molar-refractivity contribution >= 4 is 57.7 Å². The lowest BCUT2D eigenvalue weighted by Gasteiger charge is -2.49. The zero-order valence-electron chi connectivity index (χ0n) is 20.9. The Bertz CT molecular complexity index is 1150. The van der Waals surface area contributed by atoms with Crippen molar-refractivity contribution in [3.8, 4) is 0 Å². The number of anilines is 1. The number of carbonyl (C=O) groups excluding carboxylic acids is 4. The van der Waals surface area contributed by atoms with E-state index in [4.69, 9.17) is 20.0 Å². The van der Waals surface area contributed by atoms with E-state index in [-0.39, 0.29) is 28.8 Å². The molecule has 3 rings (SSSR count). The predicted octanol–water partition coefficient (Wildman–Crippen LogP) is 1.79. The SMILES string of the molecule is C=CC1=C(C(=O)OCOC(=O)C(C)(C)C)N2C(=O)C(NC(=O)C(=NOCCC)c3csc(N)n3)[C@H]2SC1. The highest BCUT2D eigenvalue weighted by molar-refractivity contribution is 8.00. The maximum absolute atomic E-state index is 13.1. The van der Waals surface area contributed by atoms with Crippen LogP contribution < -0.4 is 11.1 Å². The quantitative estimate of drug-likeness (QED) is 0.109. The molecule has 0 aliphatic carbocycles. The number of oxime groups is 1. The van der Waals surface area contributed by atoms with Crippen LogP contribution in [0.4, 0.5) is 5.13 Å². The standard InChI is InChI=1S/C23H29N5O7S2/c1-6-8-35-27-14(13-10-37-22(24)25-13)17(29)26-15-18(30)28-16(12(7-2)9-36-19(15)28)20(31)33-11-34-21(32)23(3,4)5/h7,10,15,19H,2,6,8-9,11H2,1,3-5H3,(H2,24,25)(H,26,29)/t15?,19-/m1/s1. The van der Waals surface area contributed by atoms with Gasteiger partial charge in [-0.2, -0.15) is 0 Å². The van der Waals surface area contributed by atoms with Gasteiger partial charge in [0.2, 0.25) is 6.79 Å². The molecule has 12 nitrogen and oxygen atoms in total. The number of hydrogen-bond donors (Lipinski definition) is 2. The fourth-order valence-corrected chi connectivity index (χ4v) is 5.11. The Hall–Kier alpha value is -3.39. The first-order valence-electron chi connectivity index (χ1n) is 11.4. The van der Waals surface area contributed by atoms with Crippen LogP contribution in [0.5, 0.6) is 0 Å². The number of nitrogen functional groups attached to an aromatic ring is 1. The van der Waals surface area contributed by atoms with Gasteiger partial charge in [-0.1, -0.05) is 24.7 Å². The van der Waals surface area contributed by atoms with Gasteiger partial charge in [-0.3, -0.25) is 19.3 Å². The van der Waals surface area contributed by atoms with Crippen molar-refractivity contribution in [2.45, 2.75) is 45.5 Å². The fourth-order valence-electron chi connectivity index (χ4n) is 3.22. The van der Waals surface area contributed by atoms with Gasteiger partial charge >= 0.3 is 11.9 Å². The summed E-state index contributed by atoms with van der Waals surface area (Å²) in [5.41, 5.74) is 5.51. The number of carbonyl (C=O) groups is 4. The highest BCUT2D eigenvalue weighted by atomic mass is 32.2. The molecule has 1 aromatic rings.